The van der Waals surface area contributed by atoms with Gasteiger partial charge in [0.1, 0.15) is 11.5 Å². The van der Waals surface area contributed by atoms with Crippen molar-refractivity contribution in [3.05, 3.63) is 65.7 Å². The lowest BCUT2D eigenvalue weighted by Gasteiger charge is -2.15. The van der Waals surface area contributed by atoms with Crippen LogP contribution in [0.1, 0.15) is 24.0 Å². The van der Waals surface area contributed by atoms with Crippen LogP contribution in [0.2, 0.25) is 0 Å². The third-order valence-electron chi connectivity index (χ3n) is 3.95. The Bertz CT molecular complexity index is 590. The number of Topliss-reactive ketones (excluding diaryl/α,β-unsaturated/α-hetero) is 1. The number of hydrogen-bond acceptors (Lipinski definition) is 3. The van der Waals surface area contributed by atoms with Crippen LogP contribution in [0.15, 0.2) is 54.6 Å². The molecular weight excluding hydrogens is 288 g/mol. The SMILES string of the molecule is COc1ccc(CC(CC(=O)CCc2ccccc2)OC)cc1. The molecule has 1 unspecified atom stereocenters. The minimum absolute atomic E-state index is 0.0772. The fourth-order valence-electron chi connectivity index (χ4n) is 2.55. The van der Waals surface area contributed by atoms with Gasteiger partial charge in [0.2, 0.25) is 0 Å². The lowest BCUT2D eigenvalue weighted by Crippen LogP contribution is -2.19. The molecule has 3 nitrogen and oxygen atoms in total. The number of aryl methyl sites for hydroxylation is 1. The van der Waals surface area contributed by atoms with Gasteiger partial charge < -0.3 is 9.47 Å². The number of rotatable bonds is 9. The Morgan fingerprint density at radius 3 is 2.26 bits per heavy atom. The van der Waals surface area contributed by atoms with E-state index in [0.717, 1.165) is 24.2 Å². The summed E-state index contributed by atoms with van der Waals surface area (Å²) < 4.78 is 10.6. The van der Waals surface area contributed by atoms with Crippen molar-refractivity contribution in [3.63, 3.8) is 0 Å². The van der Waals surface area contributed by atoms with Crippen molar-refractivity contribution in [1.82, 2.24) is 0 Å². The third kappa shape index (κ3) is 5.87. The first kappa shape index (κ1) is 17.2. The molecule has 1 atom stereocenters. The number of hydrogen-bond donors (Lipinski definition) is 0. The van der Waals surface area contributed by atoms with Gasteiger partial charge in [0.05, 0.1) is 13.2 Å². The first-order valence-electron chi connectivity index (χ1n) is 7.92. The van der Waals surface area contributed by atoms with Crippen molar-refractivity contribution < 1.29 is 14.3 Å². The van der Waals surface area contributed by atoms with Crippen LogP contribution in [0, 0.1) is 0 Å². The molecule has 2 rings (SSSR count). The summed E-state index contributed by atoms with van der Waals surface area (Å²) in [6, 6.07) is 18.0. The van der Waals surface area contributed by atoms with E-state index in [1.165, 1.54) is 5.56 Å². The van der Waals surface area contributed by atoms with Crippen molar-refractivity contribution >= 4 is 5.78 Å². The van der Waals surface area contributed by atoms with Gasteiger partial charge in [-0.1, -0.05) is 42.5 Å². The summed E-state index contributed by atoms with van der Waals surface area (Å²) in [5, 5.41) is 0. The van der Waals surface area contributed by atoms with E-state index in [1.54, 1.807) is 14.2 Å². The van der Waals surface area contributed by atoms with Gasteiger partial charge in [-0.15, -0.1) is 0 Å². The maximum Gasteiger partial charge on any atom is 0.135 e. The van der Waals surface area contributed by atoms with Gasteiger partial charge in [0.15, 0.2) is 0 Å². The molecule has 0 bridgehead atoms. The maximum absolute atomic E-state index is 12.2. The number of ketones is 1. The zero-order valence-electron chi connectivity index (χ0n) is 13.8. The number of carbonyl (C=O) groups is 1. The topological polar surface area (TPSA) is 35.5 Å². The zero-order chi connectivity index (χ0) is 16.5. The largest absolute Gasteiger partial charge is 0.497 e. The molecule has 0 aromatic heterocycles. The molecule has 0 radical (unpaired) electrons. The molecule has 2 aromatic carbocycles. The quantitative estimate of drug-likeness (QED) is 0.705. The van der Waals surface area contributed by atoms with Gasteiger partial charge in [-0.25, -0.2) is 0 Å². The molecule has 0 aliphatic heterocycles. The van der Waals surface area contributed by atoms with Crippen molar-refractivity contribution in [2.45, 2.75) is 31.8 Å². The van der Waals surface area contributed by atoms with E-state index in [9.17, 15) is 4.79 Å². The van der Waals surface area contributed by atoms with E-state index in [0.29, 0.717) is 12.8 Å². The molecule has 0 aliphatic carbocycles. The highest BCUT2D eigenvalue weighted by molar-refractivity contribution is 5.79. The fourth-order valence-corrected chi connectivity index (χ4v) is 2.55. The average Bonchev–Trinajstić information content (AvgIpc) is 2.61. The van der Waals surface area contributed by atoms with E-state index >= 15 is 0 Å². The highest BCUT2D eigenvalue weighted by Crippen LogP contribution is 2.15. The second kappa shape index (κ2) is 9.11. The molecule has 0 aliphatic rings. The van der Waals surface area contributed by atoms with Crippen molar-refractivity contribution in [2.75, 3.05) is 14.2 Å². The molecule has 0 spiro atoms. The van der Waals surface area contributed by atoms with Crippen molar-refractivity contribution in [3.8, 4) is 5.75 Å². The molecule has 23 heavy (non-hydrogen) atoms. The molecule has 0 fully saturated rings. The summed E-state index contributed by atoms with van der Waals surface area (Å²) in [5.41, 5.74) is 2.35. The summed E-state index contributed by atoms with van der Waals surface area (Å²) in [6.45, 7) is 0. The summed E-state index contributed by atoms with van der Waals surface area (Å²) in [6.07, 6.45) is 2.46. The molecule has 0 heterocycles. The van der Waals surface area contributed by atoms with Crippen LogP contribution in [-0.2, 0) is 22.4 Å². The number of methoxy groups -OCH3 is 2. The Kier molecular flexibility index (Phi) is 6.82. The Labute approximate surface area is 138 Å². The Morgan fingerprint density at radius 1 is 0.957 bits per heavy atom. The zero-order valence-corrected chi connectivity index (χ0v) is 13.8. The predicted octanol–water partition coefficient (Wildman–Crippen LogP) is 3.84. The van der Waals surface area contributed by atoms with E-state index in [4.69, 9.17) is 9.47 Å². The van der Waals surface area contributed by atoms with Gasteiger partial charge in [0.25, 0.3) is 0 Å². The summed E-state index contributed by atoms with van der Waals surface area (Å²) in [7, 11) is 3.32. The molecule has 122 valence electrons. The minimum Gasteiger partial charge on any atom is -0.497 e. The molecular formula is C20H24O3. The van der Waals surface area contributed by atoms with E-state index in [2.05, 4.69) is 12.1 Å². The van der Waals surface area contributed by atoms with E-state index in [-0.39, 0.29) is 11.9 Å². The summed E-state index contributed by atoms with van der Waals surface area (Å²) in [5.74, 6) is 1.08. The lowest BCUT2D eigenvalue weighted by atomic mass is 10.00. The molecule has 0 amide bonds. The van der Waals surface area contributed by atoms with Crippen LogP contribution in [0.3, 0.4) is 0 Å². The van der Waals surface area contributed by atoms with Crippen LogP contribution >= 0.6 is 0 Å². The normalized spacial score (nSPS) is 11.9. The molecule has 3 heteroatoms. The highest BCUT2D eigenvalue weighted by atomic mass is 16.5. The van der Waals surface area contributed by atoms with Gasteiger partial charge in [-0.2, -0.15) is 0 Å². The van der Waals surface area contributed by atoms with Crippen molar-refractivity contribution in [2.24, 2.45) is 0 Å². The standard InChI is InChI=1S/C20H24O3/c1-22-19-12-9-17(10-13-19)14-20(23-2)15-18(21)11-8-16-6-4-3-5-7-16/h3-7,9-10,12-13,20H,8,11,14-15H2,1-2H3. The smallest absolute Gasteiger partial charge is 0.135 e. The van der Waals surface area contributed by atoms with Crippen LogP contribution in [0.5, 0.6) is 5.75 Å². The minimum atomic E-state index is -0.0772. The van der Waals surface area contributed by atoms with Crippen molar-refractivity contribution in [1.29, 1.82) is 0 Å². The molecule has 0 N–H and O–H groups in total. The Hall–Kier alpha value is -2.13. The number of benzene rings is 2. The van der Waals surface area contributed by atoms with Crippen LogP contribution in [0.25, 0.3) is 0 Å². The Morgan fingerprint density at radius 2 is 1.65 bits per heavy atom. The van der Waals surface area contributed by atoms with Gasteiger partial charge in [-0.05, 0) is 36.1 Å². The fraction of sp³-hybridized carbons (Fsp3) is 0.350. The van der Waals surface area contributed by atoms with Crippen LogP contribution in [0.4, 0.5) is 0 Å². The summed E-state index contributed by atoms with van der Waals surface area (Å²) >= 11 is 0. The van der Waals surface area contributed by atoms with Crippen LogP contribution in [-0.4, -0.2) is 26.1 Å². The van der Waals surface area contributed by atoms with Gasteiger partial charge in [-0.3, -0.25) is 4.79 Å². The first-order chi connectivity index (χ1) is 11.2. The number of ether oxygens (including phenoxy) is 2. The van der Waals surface area contributed by atoms with E-state index < -0.39 is 0 Å². The maximum atomic E-state index is 12.2. The number of carbonyl (C=O) groups excluding carboxylic acids is 1. The second-order valence-corrected chi connectivity index (χ2v) is 5.64. The molecule has 0 saturated heterocycles. The summed E-state index contributed by atoms with van der Waals surface area (Å²) in [4.78, 5) is 12.2. The molecule has 0 saturated carbocycles. The predicted molar refractivity (Wildman–Crippen MR) is 91.9 cm³/mol. The monoisotopic (exact) mass is 312 g/mol. The first-order valence-corrected chi connectivity index (χ1v) is 7.92. The Balaban J connectivity index is 1.82. The van der Waals surface area contributed by atoms with Gasteiger partial charge in [0, 0.05) is 20.0 Å². The van der Waals surface area contributed by atoms with Gasteiger partial charge >= 0.3 is 0 Å². The average molecular weight is 312 g/mol. The lowest BCUT2D eigenvalue weighted by molar-refractivity contribution is -0.121. The third-order valence-corrected chi connectivity index (χ3v) is 3.95. The highest BCUT2D eigenvalue weighted by Gasteiger charge is 2.14. The second-order valence-electron chi connectivity index (χ2n) is 5.64. The molecule has 2 aromatic rings. The van der Waals surface area contributed by atoms with E-state index in [1.807, 2.05) is 42.5 Å². The van der Waals surface area contributed by atoms with Crippen LogP contribution < -0.4 is 4.74 Å².